The van der Waals surface area contributed by atoms with Crippen LogP contribution < -0.4 is 0 Å². The molecule has 0 amide bonds. The maximum absolute atomic E-state index is 2.53. The number of aromatic nitrogens is 2. The molecule has 196 valence electrons. The van der Waals surface area contributed by atoms with Gasteiger partial charge in [0.15, 0.2) is 0 Å². The van der Waals surface area contributed by atoms with Crippen molar-refractivity contribution in [2.24, 2.45) is 5.92 Å². The summed E-state index contributed by atoms with van der Waals surface area (Å²) in [6.07, 6.45) is 20.9. The Hall–Kier alpha value is -4.30. The normalized spacial score (nSPS) is 20.6. The van der Waals surface area contributed by atoms with E-state index in [-0.39, 0.29) is 0 Å². The molecule has 0 spiro atoms. The molecule has 2 nitrogen and oxygen atoms in total. The van der Waals surface area contributed by atoms with Gasteiger partial charge in [-0.2, -0.15) is 0 Å². The lowest BCUT2D eigenvalue weighted by Crippen LogP contribution is -2.10. The van der Waals surface area contributed by atoms with Crippen LogP contribution in [0.1, 0.15) is 62.3 Å². The molecule has 0 radical (unpaired) electrons. The standard InChI is InChI=1S/C38H34N2/c1-25-11-10-14-30(21-25)39-35-17-8-6-15-31(35)33-23-27(19-20-37(33)39)28-22-26(2)38-34(24-28)32-16-7-9-18-36(32)40(38)29-12-4-3-5-13-29/h4,6-10,12-21,23-26H,3,5,11,22H2,1-2H3. The quantitative estimate of drug-likeness (QED) is 0.225. The fourth-order valence-electron chi connectivity index (χ4n) is 7.24. The van der Waals surface area contributed by atoms with E-state index in [1.165, 1.54) is 66.5 Å². The van der Waals surface area contributed by atoms with Gasteiger partial charge in [0.25, 0.3) is 0 Å². The van der Waals surface area contributed by atoms with Crippen molar-refractivity contribution in [3.63, 3.8) is 0 Å². The summed E-state index contributed by atoms with van der Waals surface area (Å²) in [6, 6.07) is 25.0. The lowest BCUT2D eigenvalue weighted by Gasteiger charge is -2.24. The van der Waals surface area contributed by atoms with Crippen molar-refractivity contribution in [3.8, 4) is 0 Å². The van der Waals surface area contributed by atoms with Crippen LogP contribution in [0.15, 0.2) is 103 Å². The molecule has 8 rings (SSSR count). The maximum Gasteiger partial charge on any atom is 0.0541 e. The monoisotopic (exact) mass is 518 g/mol. The van der Waals surface area contributed by atoms with Crippen molar-refractivity contribution in [1.82, 2.24) is 9.13 Å². The molecule has 0 saturated heterocycles. The van der Waals surface area contributed by atoms with Crippen molar-refractivity contribution >= 4 is 55.8 Å². The summed E-state index contributed by atoms with van der Waals surface area (Å²) in [5.41, 5.74) is 12.1. The van der Waals surface area contributed by atoms with E-state index in [1.807, 2.05) is 0 Å². The van der Waals surface area contributed by atoms with E-state index in [9.17, 15) is 0 Å². The van der Waals surface area contributed by atoms with Crippen LogP contribution in [0, 0.1) is 5.92 Å². The van der Waals surface area contributed by atoms with Gasteiger partial charge in [-0.05, 0) is 85.2 Å². The summed E-state index contributed by atoms with van der Waals surface area (Å²) < 4.78 is 4.98. The number of benzene rings is 3. The van der Waals surface area contributed by atoms with E-state index in [0.29, 0.717) is 11.8 Å². The Morgan fingerprint density at radius 2 is 1.45 bits per heavy atom. The fraction of sp³-hybridized carbons (Fsp3) is 0.211. The highest BCUT2D eigenvalue weighted by atomic mass is 15.0. The van der Waals surface area contributed by atoms with E-state index in [0.717, 1.165) is 25.7 Å². The highest BCUT2D eigenvalue weighted by Crippen LogP contribution is 2.45. The van der Waals surface area contributed by atoms with Gasteiger partial charge in [-0.25, -0.2) is 0 Å². The molecule has 0 fully saturated rings. The third-order valence-electron chi connectivity index (χ3n) is 9.05. The maximum atomic E-state index is 2.53. The van der Waals surface area contributed by atoms with Crippen LogP contribution in [0.2, 0.25) is 0 Å². The Kier molecular flexibility index (Phi) is 5.38. The molecule has 2 heterocycles. The first-order valence-corrected chi connectivity index (χ1v) is 14.8. The molecule has 2 unspecified atom stereocenters. The van der Waals surface area contributed by atoms with Gasteiger partial charge in [-0.1, -0.05) is 80.6 Å². The third kappa shape index (κ3) is 3.55. The SMILES string of the molecule is CC1C=C(n2c3ccccc3c3cc(C4=Cc5c(n(C6=CCCC=C6)c6ccccc56)C(C)C4)ccc32)C=CC1. The molecule has 2 aromatic heterocycles. The highest BCUT2D eigenvalue weighted by molar-refractivity contribution is 6.12. The number of nitrogens with zero attached hydrogens (tertiary/aromatic N) is 2. The van der Waals surface area contributed by atoms with Crippen LogP contribution in [-0.4, -0.2) is 9.13 Å². The van der Waals surface area contributed by atoms with Gasteiger partial charge >= 0.3 is 0 Å². The molecule has 0 aliphatic heterocycles. The van der Waals surface area contributed by atoms with Crippen LogP contribution >= 0.6 is 0 Å². The van der Waals surface area contributed by atoms with E-state index >= 15 is 0 Å². The minimum atomic E-state index is 0.426. The molecule has 0 bridgehead atoms. The number of hydrogen-bond acceptors (Lipinski definition) is 0. The summed E-state index contributed by atoms with van der Waals surface area (Å²) in [4.78, 5) is 0. The van der Waals surface area contributed by atoms with Crippen LogP contribution in [0.4, 0.5) is 0 Å². The molecule has 3 aliphatic carbocycles. The fourth-order valence-corrected chi connectivity index (χ4v) is 7.24. The Morgan fingerprint density at radius 1 is 0.700 bits per heavy atom. The van der Waals surface area contributed by atoms with Crippen LogP contribution in [0.25, 0.3) is 55.8 Å². The molecule has 3 aliphatic rings. The molecule has 0 saturated carbocycles. The van der Waals surface area contributed by atoms with Gasteiger partial charge in [0.05, 0.1) is 16.6 Å². The van der Waals surface area contributed by atoms with Crippen LogP contribution in [0.3, 0.4) is 0 Å². The lowest BCUT2D eigenvalue weighted by molar-refractivity contribution is 0.735. The second-order valence-electron chi connectivity index (χ2n) is 11.8. The average Bonchev–Trinajstić information content (AvgIpc) is 3.51. The molecular weight excluding hydrogens is 484 g/mol. The van der Waals surface area contributed by atoms with Gasteiger partial charge in [0.1, 0.15) is 0 Å². The first kappa shape index (κ1) is 23.6. The lowest BCUT2D eigenvalue weighted by atomic mass is 9.84. The minimum Gasteiger partial charge on any atom is -0.313 e. The van der Waals surface area contributed by atoms with Crippen LogP contribution in [-0.2, 0) is 0 Å². The molecule has 0 N–H and O–H groups in total. The summed E-state index contributed by atoms with van der Waals surface area (Å²) >= 11 is 0. The first-order valence-electron chi connectivity index (χ1n) is 14.8. The number of allylic oxidation sites excluding steroid dienone is 9. The zero-order chi connectivity index (χ0) is 26.8. The highest BCUT2D eigenvalue weighted by Gasteiger charge is 2.27. The van der Waals surface area contributed by atoms with Gasteiger partial charge in [-0.15, -0.1) is 0 Å². The number of para-hydroxylation sites is 2. The summed E-state index contributed by atoms with van der Waals surface area (Å²) in [7, 11) is 0. The van der Waals surface area contributed by atoms with Crippen molar-refractivity contribution in [2.45, 2.75) is 45.4 Å². The van der Waals surface area contributed by atoms with Gasteiger partial charge in [0.2, 0.25) is 0 Å². The molecule has 3 aromatic carbocycles. The summed E-state index contributed by atoms with van der Waals surface area (Å²) in [6.45, 7) is 4.71. The molecule has 5 aromatic rings. The average molecular weight is 519 g/mol. The number of rotatable bonds is 3. The molecule has 2 atom stereocenters. The Bertz CT molecular complexity index is 1980. The number of fused-ring (bicyclic) bond motifs is 6. The Morgan fingerprint density at radius 3 is 2.25 bits per heavy atom. The van der Waals surface area contributed by atoms with Gasteiger partial charge in [0, 0.05) is 44.7 Å². The largest absolute Gasteiger partial charge is 0.313 e. The molecule has 40 heavy (non-hydrogen) atoms. The zero-order valence-corrected chi connectivity index (χ0v) is 23.3. The zero-order valence-electron chi connectivity index (χ0n) is 23.3. The second kappa shape index (κ2) is 9.13. The smallest absolute Gasteiger partial charge is 0.0541 e. The van der Waals surface area contributed by atoms with Gasteiger partial charge in [-0.3, -0.25) is 0 Å². The van der Waals surface area contributed by atoms with Crippen LogP contribution in [0.5, 0.6) is 0 Å². The second-order valence-corrected chi connectivity index (χ2v) is 11.8. The number of hydrogen-bond donors (Lipinski definition) is 0. The van der Waals surface area contributed by atoms with Crippen molar-refractivity contribution in [1.29, 1.82) is 0 Å². The molecule has 2 heteroatoms. The van der Waals surface area contributed by atoms with E-state index in [1.54, 1.807) is 0 Å². The predicted octanol–water partition coefficient (Wildman–Crippen LogP) is 10.4. The third-order valence-corrected chi connectivity index (χ3v) is 9.05. The summed E-state index contributed by atoms with van der Waals surface area (Å²) in [5.74, 6) is 0.982. The Balaban J connectivity index is 1.32. The summed E-state index contributed by atoms with van der Waals surface area (Å²) in [5, 5.41) is 4.01. The first-order chi connectivity index (χ1) is 19.7. The Labute approximate surface area is 235 Å². The van der Waals surface area contributed by atoms with Crippen molar-refractivity contribution in [2.75, 3.05) is 0 Å². The van der Waals surface area contributed by atoms with E-state index in [4.69, 9.17) is 0 Å². The predicted molar refractivity (Wildman–Crippen MR) is 172 cm³/mol. The van der Waals surface area contributed by atoms with Gasteiger partial charge < -0.3 is 9.13 Å². The topological polar surface area (TPSA) is 9.86 Å². The minimum absolute atomic E-state index is 0.426. The van der Waals surface area contributed by atoms with E-state index < -0.39 is 0 Å². The van der Waals surface area contributed by atoms with Crippen molar-refractivity contribution < 1.29 is 0 Å². The van der Waals surface area contributed by atoms with Crippen molar-refractivity contribution in [3.05, 3.63) is 120 Å². The molecular formula is C38H34N2. The van der Waals surface area contributed by atoms with E-state index in [2.05, 4.69) is 132 Å².